The van der Waals surface area contributed by atoms with E-state index in [1.54, 1.807) is 6.20 Å². The lowest BCUT2D eigenvalue weighted by Gasteiger charge is -2.23. The van der Waals surface area contributed by atoms with E-state index in [9.17, 15) is 0 Å². The smallest absolute Gasteiger partial charge is 0.151 e. The molecule has 0 aliphatic carbocycles. The highest BCUT2D eigenvalue weighted by molar-refractivity contribution is 5.85. The van der Waals surface area contributed by atoms with Crippen LogP contribution >= 0.6 is 24.8 Å². The van der Waals surface area contributed by atoms with Gasteiger partial charge in [0.1, 0.15) is 0 Å². The molecule has 1 unspecified atom stereocenters. The Kier molecular flexibility index (Phi) is 6.56. The monoisotopic (exact) mass is 250 g/mol. The van der Waals surface area contributed by atoms with Crippen molar-refractivity contribution in [1.82, 2.24) is 10.2 Å². The lowest BCUT2D eigenvalue weighted by atomic mass is 10.2. The third-order valence-corrected chi connectivity index (χ3v) is 2.50. The Morgan fingerprint density at radius 2 is 2.27 bits per heavy atom. The molecule has 2 heterocycles. The van der Waals surface area contributed by atoms with Crippen molar-refractivity contribution < 1.29 is 0 Å². The van der Waals surface area contributed by atoms with Gasteiger partial charge in [-0.1, -0.05) is 0 Å². The molecule has 0 amide bonds. The summed E-state index contributed by atoms with van der Waals surface area (Å²) in [6.45, 7) is 1.76. The first-order valence-corrected chi connectivity index (χ1v) is 4.66. The van der Waals surface area contributed by atoms with Crippen molar-refractivity contribution in [1.29, 1.82) is 0 Å². The Morgan fingerprint density at radius 1 is 1.47 bits per heavy atom. The normalized spacial score (nSPS) is 19.3. The minimum Gasteiger partial charge on any atom is -0.351 e. The molecule has 1 fully saturated rings. The van der Waals surface area contributed by atoms with E-state index >= 15 is 0 Å². The van der Waals surface area contributed by atoms with Crippen molar-refractivity contribution in [3.05, 3.63) is 18.3 Å². The van der Waals surface area contributed by atoms with E-state index in [1.807, 2.05) is 12.1 Å². The fraction of sp³-hybridized carbons (Fsp3) is 0.556. The van der Waals surface area contributed by atoms with Crippen LogP contribution in [0.3, 0.4) is 0 Å². The first-order chi connectivity index (χ1) is 6.42. The highest BCUT2D eigenvalue weighted by Crippen LogP contribution is 2.21. The Hall–Kier alpha value is -0.580. The Balaban J connectivity index is 0.000000980. The number of hydrogen-bond donors (Lipinski definition) is 1. The van der Waals surface area contributed by atoms with Gasteiger partial charge in [0.2, 0.25) is 0 Å². The Labute approximate surface area is 102 Å². The van der Waals surface area contributed by atoms with Crippen LogP contribution in [0.25, 0.3) is 0 Å². The van der Waals surface area contributed by atoms with Gasteiger partial charge in [0.05, 0.1) is 0 Å². The molecule has 15 heavy (non-hydrogen) atoms. The van der Waals surface area contributed by atoms with Crippen molar-refractivity contribution in [2.75, 3.05) is 18.0 Å². The number of nitrogens with zero attached hydrogens (tertiary/aromatic N) is 3. The summed E-state index contributed by atoms with van der Waals surface area (Å²) in [5, 5.41) is 7.94. The van der Waals surface area contributed by atoms with Crippen LogP contribution in [0.2, 0.25) is 0 Å². The zero-order valence-corrected chi connectivity index (χ0v) is 10.0. The lowest BCUT2D eigenvalue weighted by Crippen LogP contribution is -2.35. The molecular formula is C9H16Cl2N4. The SMILES string of the molecule is Cl.Cl.NCC1CCCN1c1cccnn1. The molecule has 1 saturated heterocycles. The first-order valence-electron chi connectivity index (χ1n) is 4.66. The van der Waals surface area contributed by atoms with Gasteiger partial charge in [-0.05, 0) is 25.0 Å². The standard InChI is InChI=1S/C9H14N4.2ClH/c10-7-8-3-2-6-13(8)9-4-1-5-11-12-9;;/h1,4-5,8H,2-3,6-7,10H2;2*1H. The van der Waals surface area contributed by atoms with Crippen molar-refractivity contribution in [3.8, 4) is 0 Å². The molecule has 0 saturated carbocycles. The molecule has 0 spiro atoms. The maximum absolute atomic E-state index is 5.67. The quantitative estimate of drug-likeness (QED) is 0.859. The summed E-state index contributed by atoms with van der Waals surface area (Å²) in [6, 6.07) is 4.35. The van der Waals surface area contributed by atoms with E-state index in [4.69, 9.17) is 5.73 Å². The largest absolute Gasteiger partial charge is 0.351 e. The van der Waals surface area contributed by atoms with E-state index in [2.05, 4.69) is 15.1 Å². The molecule has 0 bridgehead atoms. The average Bonchev–Trinajstić information content (AvgIpc) is 2.67. The van der Waals surface area contributed by atoms with E-state index in [0.717, 1.165) is 12.4 Å². The van der Waals surface area contributed by atoms with Crippen LogP contribution in [-0.4, -0.2) is 29.3 Å². The van der Waals surface area contributed by atoms with Gasteiger partial charge in [0.25, 0.3) is 0 Å². The zero-order valence-electron chi connectivity index (χ0n) is 8.37. The topological polar surface area (TPSA) is 55.0 Å². The van der Waals surface area contributed by atoms with Gasteiger partial charge in [-0.15, -0.1) is 29.9 Å². The number of anilines is 1. The van der Waals surface area contributed by atoms with E-state index in [-0.39, 0.29) is 24.8 Å². The van der Waals surface area contributed by atoms with Crippen molar-refractivity contribution >= 4 is 30.6 Å². The molecule has 2 N–H and O–H groups in total. The summed E-state index contributed by atoms with van der Waals surface area (Å²) in [5.41, 5.74) is 5.67. The summed E-state index contributed by atoms with van der Waals surface area (Å²) in [6.07, 6.45) is 4.07. The molecule has 1 aliphatic rings. The minimum atomic E-state index is 0. The van der Waals surface area contributed by atoms with E-state index < -0.39 is 0 Å². The molecule has 6 heteroatoms. The van der Waals surface area contributed by atoms with Crippen LogP contribution in [0.5, 0.6) is 0 Å². The van der Waals surface area contributed by atoms with Crippen molar-refractivity contribution in [2.24, 2.45) is 5.73 Å². The van der Waals surface area contributed by atoms with Crippen LogP contribution in [-0.2, 0) is 0 Å². The number of hydrogen-bond acceptors (Lipinski definition) is 4. The van der Waals surface area contributed by atoms with E-state index in [0.29, 0.717) is 12.6 Å². The molecule has 1 atom stereocenters. The van der Waals surface area contributed by atoms with Crippen molar-refractivity contribution in [2.45, 2.75) is 18.9 Å². The molecule has 4 nitrogen and oxygen atoms in total. The number of nitrogens with two attached hydrogens (primary N) is 1. The van der Waals surface area contributed by atoms with Gasteiger partial charge in [0, 0.05) is 25.3 Å². The average molecular weight is 251 g/mol. The van der Waals surface area contributed by atoms with Gasteiger partial charge in [-0.3, -0.25) is 0 Å². The minimum absolute atomic E-state index is 0. The Bertz CT molecular complexity index is 270. The van der Waals surface area contributed by atoms with Gasteiger partial charge in [-0.25, -0.2) is 0 Å². The first kappa shape index (κ1) is 14.4. The molecule has 86 valence electrons. The van der Waals surface area contributed by atoms with Crippen LogP contribution in [0.4, 0.5) is 5.82 Å². The molecule has 0 radical (unpaired) electrons. The molecule has 1 aromatic rings. The second-order valence-electron chi connectivity index (χ2n) is 3.31. The van der Waals surface area contributed by atoms with Gasteiger partial charge < -0.3 is 10.6 Å². The summed E-state index contributed by atoms with van der Waals surface area (Å²) < 4.78 is 0. The fourth-order valence-electron chi connectivity index (χ4n) is 1.83. The molecular weight excluding hydrogens is 235 g/mol. The summed E-state index contributed by atoms with van der Waals surface area (Å²) in [4.78, 5) is 2.24. The maximum atomic E-state index is 5.67. The third kappa shape index (κ3) is 3.19. The molecule has 0 aromatic carbocycles. The highest BCUT2D eigenvalue weighted by Gasteiger charge is 2.23. The maximum Gasteiger partial charge on any atom is 0.151 e. The molecule has 1 aromatic heterocycles. The van der Waals surface area contributed by atoms with Crippen LogP contribution < -0.4 is 10.6 Å². The summed E-state index contributed by atoms with van der Waals surface area (Å²) >= 11 is 0. The van der Waals surface area contributed by atoms with Gasteiger partial charge >= 0.3 is 0 Å². The zero-order chi connectivity index (χ0) is 9.10. The molecule has 1 aliphatic heterocycles. The Morgan fingerprint density at radius 3 is 2.87 bits per heavy atom. The van der Waals surface area contributed by atoms with Crippen LogP contribution in [0.15, 0.2) is 18.3 Å². The van der Waals surface area contributed by atoms with Gasteiger partial charge in [0.15, 0.2) is 5.82 Å². The predicted molar refractivity (Wildman–Crippen MR) is 66.0 cm³/mol. The summed E-state index contributed by atoms with van der Waals surface area (Å²) in [5.74, 6) is 0.954. The van der Waals surface area contributed by atoms with E-state index in [1.165, 1.54) is 12.8 Å². The third-order valence-electron chi connectivity index (χ3n) is 2.50. The predicted octanol–water partition coefficient (Wildman–Crippen LogP) is 1.25. The molecule has 2 rings (SSSR count). The number of rotatable bonds is 2. The van der Waals surface area contributed by atoms with Gasteiger partial charge in [-0.2, -0.15) is 5.10 Å². The number of aromatic nitrogens is 2. The van der Waals surface area contributed by atoms with Crippen molar-refractivity contribution in [3.63, 3.8) is 0 Å². The lowest BCUT2D eigenvalue weighted by molar-refractivity contribution is 0.667. The van der Waals surface area contributed by atoms with Crippen LogP contribution in [0, 0.1) is 0 Å². The second-order valence-corrected chi connectivity index (χ2v) is 3.31. The number of halogens is 2. The fourth-order valence-corrected chi connectivity index (χ4v) is 1.83. The summed E-state index contributed by atoms with van der Waals surface area (Å²) in [7, 11) is 0. The van der Waals surface area contributed by atoms with Crippen LogP contribution in [0.1, 0.15) is 12.8 Å². The highest BCUT2D eigenvalue weighted by atomic mass is 35.5. The second kappa shape index (κ2) is 6.82.